The third-order valence-electron chi connectivity index (χ3n) is 4.40. The lowest BCUT2D eigenvalue weighted by molar-refractivity contribution is -0.119. The molecule has 1 aromatic heterocycles. The van der Waals surface area contributed by atoms with Crippen LogP contribution in [0.15, 0.2) is 48.5 Å². The van der Waals surface area contributed by atoms with Crippen molar-refractivity contribution < 1.29 is 9.59 Å². The van der Waals surface area contributed by atoms with E-state index in [4.69, 9.17) is 0 Å². The molecular formula is C21H24N4O2. The van der Waals surface area contributed by atoms with Gasteiger partial charge in [-0.2, -0.15) is 0 Å². The van der Waals surface area contributed by atoms with Gasteiger partial charge in [0.1, 0.15) is 12.4 Å². The average molecular weight is 364 g/mol. The van der Waals surface area contributed by atoms with Crippen molar-refractivity contribution in [2.24, 2.45) is 0 Å². The van der Waals surface area contributed by atoms with Crippen molar-refractivity contribution in [2.45, 2.75) is 33.2 Å². The van der Waals surface area contributed by atoms with Crippen LogP contribution in [0.5, 0.6) is 0 Å². The molecule has 2 N–H and O–H groups in total. The Balaban J connectivity index is 1.77. The molecule has 3 rings (SSSR count). The van der Waals surface area contributed by atoms with Crippen LogP contribution in [0.4, 0.5) is 5.69 Å². The Bertz CT molecular complexity index is 944. The number of rotatable bonds is 7. The summed E-state index contributed by atoms with van der Waals surface area (Å²) in [6, 6.07) is 15.6. The van der Waals surface area contributed by atoms with Gasteiger partial charge in [-0.05, 0) is 36.2 Å². The molecule has 0 fully saturated rings. The number of fused-ring (bicyclic) bond motifs is 1. The minimum atomic E-state index is -0.108. The fourth-order valence-corrected chi connectivity index (χ4v) is 3.01. The van der Waals surface area contributed by atoms with Gasteiger partial charge in [0.2, 0.25) is 11.8 Å². The Morgan fingerprint density at radius 1 is 1.07 bits per heavy atom. The zero-order chi connectivity index (χ0) is 19.2. The van der Waals surface area contributed by atoms with Crippen molar-refractivity contribution in [3.05, 3.63) is 59.9 Å². The number of nitrogens with one attached hydrogen (secondary N) is 2. The number of carbonyl (C=O) groups excluding carboxylic acids is 2. The smallest absolute Gasteiger partial charge is 0.244 e. The molecule has 6 heteroatoms. The standard InChI is InChI=1S/C21H24N4O2/c1-3-16-8-10-17(11-9-16)23-21(27)14-25-19-7-5-4-6-18(19)24-20(25)12-13-22-15(2)26/h4-11H,3,12-14H2,1-2H3,(H,22,26)(H,23,27). The quantitative estimate of drug-likeness (QED) is 0.677. The highest BCUT2D eigenvalue weighted by Crippen LogP contribution is 2.17. The monoisotopic (exact) mass is 364 g/mol. The minimum absolute atomic E-state index is 0.0778. The Hall–Kier alpha value is -3.15. The largest absolute Gasteiger partial charge is 0.356 e. The number of nitrogens with zero attached hydrogens (tertiary/aromatic N) is 2. The Kier molecular flexibility index (Phi) is 5.86. The van der Waals surface area contributed by atoms with Gasteiger partial charge in [0, 0.05) is 25.6 Å². The van der Waals surface area contributed by atoms with Crippen LogP contribution in [-0.4, -0.2) is 27.9 Å². The molecule has 0 atom stereocenters. The SMILES string of the molecule is CCc1ccc(NC(=O)Cn2c(CCNC(C)=O)nc3ccccc32)cc1. The maximum atomic E-state index is 12.6. The Morgan fingerprint density at radius 3 is 2.52 bits per heavy atom. The molecule has 0 aliphatic carbocycles. The number of anilines is 1. The number of aryl methyl sites for hydroxylation is 1. The lowest BCUT2D eigenvalue weighted by atomic mass is 10.1. The van der Waals surface area contributed by atoms with E-state index in [9.17, 15) is 9.59 Å². The van der Waals surface area contributed by atoms with Crippen LogP contribution >= 0.6 is 0 Å². The van der Waals surface area contributed by atoms with Gasteiger partial charge in [-0.15, -0.1) is 0 Å². The van der Waals surface area contributed by atoms with E-state index in [1.165, 1.54) is 12.5 Å². The van der Waals surface area contributed by atoms with Gasteiger partial charge in [0.05, 0.1) is 11.0 Å². The summed E-state index contributed by atoms with van der Waals surface area (Å²) in [4.78, 5) is 28.3. The van der Waals surface area contributed by atoms with E-state index in [-0.39, 0.29) is 18.4 Å². The Labute approximate surface area is 158 Å². The summed E-state index contributed by atoms with van der Waals surface area (Å²) >= 11 is 0. The van der Waals surface area contributed by atoms with Gasteiger partial charge in [0.15, 0.2) is 0 Å². The molecule has 0 bridgehead atoms. The van der Waals surface area contributed by atoms with E-state index >= 15 is 0 Å². The molecule has 27 heavy (non-hydrogen) atoms. The summed E-state index contributed by atoms with van der Waals surface area (Å²) in [6.07, 6.45) is 1.53. The lowest BCUT2D eigenvalue weighted by Gasteiger charge is -2.11. The molecule has 140 valence electrons. The van der Waals surface area contributed by atoms with Crippen molar-refractivity contribution in [1.82, 2.24) is 14.9 Å². The van der Waals surface area contributed by atoms with E-state index in [0.29, 0.717) is 13.0 Å². The van der Waals surface area contributed by atoms with E-state index in [0.717, 1.165) is 29.0 Å². The second-order valence-electron chi connectivity index (χ2n) is 6.43. The molecule has 0 aliphatic rings. The highest BCUT2D eigenvalue weighted by Gasteiger charge is 2.13. The van der Waals surface area contributed by atoms with Crippen LogP contribution in [0.3, 0.4) is 0 Å². The second kappa shape index (κ2) is 8.49. The molecule has 0 spiro atoms. The summed E-state index contributed by atoms with van der Waals surface area (Å²) < 4.78 is 1.91. The number of imidazole rings is 1. The first kappa shape index (κ1) is 18.6. The van der Waals surface area contributed by atoms with Gasteiger partial charge >= 0.3 is 0 Å². The summed E-state index contributed by atoms with van der Waals surface area (Å²) in [5.41, 5.74) is 3.76. The maximum absolute atomic E-state index is 12.6. The fraction of sp³-hybridized carbons (Fsp3) is 0.286. The van der Waals surface area contributed by atoms with Crippen LogP contribution in [0, 0.1) is 0 Å². The third-order valence-corrected chi connectivity index (χ3v) is 4.40. The molecule has 0 radical (unpaired) electrons. The molecule has 0 aliphatic heterocycles. The number of aromatic nitrogens is 2. The van der Waals surface area contributed by atoms with E-state index in [1.807, 2.05) is 53.1 Å². The normalized spacial score (nSPS) is 10.7. The van der Waals surface area contributed by atoms with E-state index in [2.05, 4.69) is 22.5 Å². The molecule has 2 aromatic carbocycles. The first-order valence-corrected chi connectivity index (χ1v) is 9.14. The van der Waals surface area contributed by atoms with Crippen LogP contribution in [0.25, 0.3) is 11.0 Å². The number of carbonyl (C=O) groups is 2. The van der Waals surface area contributed by atoms with Gasteiger partial charge in [-0.1, -0.05) is 31.2 Å². The molecular weight excluding hydrogens is 340 g/mol. The maximum Gasteiger partial charge on any atom is 0.244 e. The number of hydrogen-bond acceptors (Lipinski definition) is 3. The molecule has 6 nitrogen and oxygen atoms in total. The topological polar surface area (TPSA) is 76.0 Å². The van der Waals surface area contributed by atoms with Gasteiger partial charge in [-0.25, -0.2) is 4.98 Å². The van der Waals surface area contributed by atoms with Gasteiger partial charge < -0.3 is 15.2 Å². The van der Waals surface area contributed by atoms with Crippen LogP contribution in [0.2, 0.25) is 0 Å². The zero-order valence-corrected chi connectivity index (χ0v) is 15.7. The van der Waals surface area contributed by atoms with Crippen molar-refractivity contribution in [2.75, 3.05) is 11.9 Å². The second-order valence-corrected chi connectivity index (χ2v) is 6.43. The van der Waals surface area contributed by atoms with Crippen LogP contribution in [-0.2, 0) is 29.0 Å². The number of benzene rings is 2. The first-order chi connectivity index (χ1) is 13.1. The zero-order valence-electron chi connectivity index (χ0n) is 15.7. The van der Waals surface area contributed by atoms with E-state index in [1.54, 1.807) is 0 Å². The number of hydrogen-bond donors (Lipinski definition) is 2. The van der Waals surface area contributed by atoms with Crippen molar-refractivity contribution in [1.29, 1.82) is 0 Å². The van der Waals surface area contributed by atoms with Crippen molar-refractivity contribution in [3.63, 3.8) is 0 Å². The average Bonchev–Trinajstić information content (AvgIpc) is 2.99. The van der Waals surface area contributed by atoms with Crippen LogP contribution < -0.4 is 10.6 Å². The van der Waals surface area contributed by atoms with Crippen molar-refractivity contribution in [3.8, 4) is 0 Å². The number of para-hydroxylation sites is 2. The summed E-state index contributed by atoms with van der Waals surface area (Å²) in [6.45, 7) is 4.24. The molecule has 2 amide bonds. The molecule has 3 aromatic rings. The van der Waals surface area contributed by atoms with E-state index < -0.39 is 0 Å². The summed E-state index contributed by atoms with van der Waals surface area (Å²) in [5, 5.41) is 5.72. The van der Waals surface area contributed by atoms with Crippen LogP contribution in [0.1, 0.15) is 25.2 Å². The highest BCUT2D eigenvalue weighted by molar-refractivity contribution is 5.91. The predicted molar refractivity (Wildman–Crippen MR) is 107 cm³/mol. The molecule has 1 heterocycles. The first-order valence-electron chi connectivity index (χ1n) is 9.14. The summed E-state index contributed by atoms with van der Waals surface area (Å²) in [7, 11) is 0. The molecule has 0 saturated heterocycles. The molecule has 0 unspecified atom stereocenters. The molecule has 0 saturated carbocycles. The third kappa shape index (κ3) is 4.73. The van der Waals surface area contributed by atoms with Gasteiger partial charge in [-0.3, -0.25) is 9.59 Å². The fourth-order valence-electron chi connectivity index (χ4n) is 3.01. The lowest BCUT2D eigenvalue weighted by Crippen LogP contribution is -2.25. The Morgan fingerprint density at radius 2 is 1.81 bits per heavy atom. The minimum Gasteiger partial charge on any atom is -0.356 e. The highest BCUT2D eigenvalue weighted by atomic mass is 16.2. The number of amides is 2. The summed E-state index contributed by atoms with van der Waals surface area (Å²) in [5.74, 6) is 0.593. The predicted octanol–water partition coefficient (Wildman–Crippen LogP) is 2.92. The van der Waals surface area contributed by atoms with Crippen molar-refractivity contribution >= 4 is 28.5 Å². The van der Waals surface area contributed by atoms with Gasteiger partial charge in [0.25, 0.3) is 0 Å².